The molecule has 29 heteroatoms. The molecule has 0 fully saturated rings. The van der Waals surface area contributed by atoms with Crippen LogP contribution in [-0.4, -0.2) is 74.3 Å². The van der Waals surface area contributed by atoms with Crippen LogP contribution >= 0.6 is 39.1 Å². The van der Waals surface area contributed by atoms with Crippen molar-refractivity contribution in [3.63, 3.8) is 0 Å². The Morgan fingerprint density at radius 3 is 1.53 bits per heavy atom. The van der Waals surface area contributed by atoms with Crippen LogP contribution in [0.3, 0.4) is 0 Å². The minimum absolute atomic E-state index is 0.00700. The highest BCUT2D eigenvalue weighted by Crippen LogP contribution is 2.37. The van der Waals surface area contributed by atoms with E-state index >= 15 is 0 Å². The molecule has 0 unspecified atom stereocenters. The number of pyridine rings is 2. The molecule has 0 aliphatic heterocycles. The lowest BCUT2D eigenvalue weighted by molar-refractivity contribution is 0.346. The lowest BCUT2D eigenvalue weighted by atomic mass is 10.1. The average molecular weight is 1400 g/mol. The monoisotopic (exact) mass is 1400 g/mol. The van der Waals surface area contributed by atoms with Crippen molar-refractivity contribution >= 4 is 93.0 Å². The molecular weight excluding hydrogens is 1350 g/mol. The van der Waals surface area contributed by atoms with Crippen molar-refractivity contribution in [2.45, 2.75) is 29.8 Å². The first-order chi connectivity index (χ1) is 44.0. The van der Waals surface area contributed by atoms with E-state index in [2.05, 4.69) is 45.4 Å². The topological polar surface area (TPSA) is 225 Å². The molecule has 11 rings (SSSR count). The van der Waals surface area contributed by atoms with Gasteiger partial charge in [0.25, 0.3) is 21.1 Å². The first kappa shape index (κ1) is 66.7. The minimum Gasteiger partial charge on any atom is -0.497 e. The fraction of sp³-hybridized carbons (Fsp3) is 0.111. The van der Waals surface area contributed by atoms with Gasteiger partial charge in [-0.2, -0.15) is 17.2 Å². The summed E-state index contributed by atoms with van der Waals surface area (Å²) in [6.07, 6.45) is 6.39. The van der Waals surface area contributed by atoms with E-state index < -0.39 is 65.4 Å². The van der Waals surface area contributed by atoms with Gasteiger partial charge >= 0.3 is 10.1 Å². The Morgan fingerprint density at radius 1 is 0.543 bits per heavy atom. The predicted molar refractivity (Wildman–Crippen MR) is 339 cm³/mol. The number of rotatable bonds is 17. The van der Waals surface area contributed by atoms with Gasteiger partial charge in [-0.15, -0.1) is 0 Å². The van der Waals surface area contributed by atoms with E-state index in [4.69, 9.17) is 42.1 Å². The highest BCUT2D eigenvalue weighted by Gasteiger charge is 2.32. The van der Waals surface area contributed by atoms with Crippen molar-refractivity contribution < 1.29 is 61.9 Å². The zero-order valence-electron chi connectivity index (χ0n) is 48.5. The smallest absolute Gasteiger partial charge is 0.339 e. The van der Waals surface area contributed by atoms with E-state index in [1.165, 1.54) is 78.2 Å². The number of methoxy groups -OCH3 is 4. The van der Waals surface area contributed by atoms with E-state index in [1.54, 1.807) is 87.3 Å². The fourth-order valence-corrected chi connectivity index (χ4v) is 11.9. The van der Waals surface area contributed by atoms with E-state index in [-0.39, 0.29) is 50.3 Å². The number of ether oxygens (including phenoxy) is 4. The summed E-state index contributed by atoms with van der Waals surface area (Å²) in [7, 11) is -3.12. The molecule has 0 atom stereocenters. The van der Waals surface area contributed by atoms with Crippen molar-refractivity contribution in [2.24, 2.45) is 0 Å². The van der Waals surface area contributed by atoms with Crippen molar-refractivity contribution in [1.29, 1.82) is 0 Å². The van der Waals surface area contributed by atoms with Gasteiger partial charge < -0.3 is 28.4 Å². The number of halogens is 8. The third kappa shape index (κ3) is 14.6. The van der Waals surface area contributed by atoms with Crippen LogP contribution in [-0.2, 0) is 33.2 Å². The molecular formula is C63H48BrCl2F5N8O11S2. The van der Waals surface area contributed by atoms with Gasteiger partial charge in [-0.1, -0.05) is 47.5 Å². The zero-order chi connectivity index (χ0) is 66.2. The third-order valence-corrected chi connectivity index (χ3v) is 18.1. The molecule has 0 saturated heterocycles. The number of anilines is 2. The van der Waals surface area contributed by atoms with E-state index in [0.29, 0.717) is 50.1 Å². The second kappa shape index (κ2) is 28.7. The second-order valence-corrected chi connectivity index (χ2v) is 24.4. The van der Waals surface area contributed by atoms with Crippen LogP contribution in [0.5, 0.6) is 28.7 Å². The van der Waals surface area contributed by atoms with Crippen LogP contribution in [0.25, 0.3) is 33.2 Å². The van der Waals surface area contributed by atoms with Gasteiger partial charge in [-0.25, -0.2) is 45.8 Å². The van der Waals surface area contributed by atoms with Gasteiger partial charge in [0.2, 0.25) is 46.7 Å². The number of aromatic nitrogens is 6. The fourth-order valence-electron chi connectivity index (χ4n) is 8.94. The lowest BCUT2D eigenvalue weighted by Crippen LogP contribution is -2.32. The molecule has 0 spiro atoms. The maximum absolute atomic E-state index is 14.0. The summed E-state index contributed by atoms with van der Waals surface area (Å²) in [5.74, 6) is -11.2. The normalized spacial score (nSPS) is 11.2. The molecule has 0 radical (unpaired) electrons. The Balaban J connectivity index is 0.000000177. The van der Waals surface area contributed by atoms with Gasteiger partial charge in [0, 0.05) is 63.7 Å². The highest BCUT2D eigenvalue weighted by atomic mass is 79.9. The average Bonchev–Trinajstić information content (AvgIpc) is 0.793. The molecule has 7 aromatic carbocycles. The molecule has 19 nitrogen and oxygen atoms in total. The van der Waals surface area contributed by atoms with Crippen LogP contribution in [0.1, 0.15) is 16.7 Å². The summed E-state index contributed by atoms with van der Waals surface area (Å²) < 4.78 is 151. The molecule has 0 aliphatic carbocycles. The van der Waals surface area contributed by atoms with Crippen molar-refractivity contribution in [1.82, 2.24) is 29.1 Å². The number of hydrogen-bond donors (Lipinski definition) is 1. The molecule has 11 aromatic rings. The van der Waals surface area contributed by atoms with Crippen LogP contribution in [0, 0.1) is 36.0 Å². The number of nitrogens with one attached hydrogen (secondary N) is 1. The summed E-state index contributed by atoms with van der Waals surface area (Å²) in [5.41, 5.74) is 3.15. The number of benzene rings is 7. The maximum atomic E-state index is 14.0. The minimum atomic E-state index is -5.08. The Labute approximate surface area is 540 Å². The van der Waals surface area contributed by atoms with Crippen LogP contribution in [0.2, 0.25) is 10.0 Å². The zero-order valence-corrected chi connectivity index (χ0v) is 53.3. The van der Waals surface area contributed by atoms with Gasteiger partial charge in [0.15, 0.2) is 0 Å². The number of fused-ring (bicyclic) bond motifs is 2. The Hall–Kier alpha value is -9.67. The van der Waals surface area contributed by atoms with Crippen LogP contribution in [0.15, 0.2) is 194 Å². The Morgan fingerprint density at radius 2 is 1.01 bits per heavy atom. The molecule has 4 aromatic heterocycles. The van der Waals surface area contributed by atoms with Gasteiger partial charge in [0.05, 0.1) is 67.3 Å². The molecule has 1 N–H and O–H groups in total. The number of nitrogens with zero attached hydrogens (tertiary/aromatic N) is 7. The van der Waals surface area contributed by atoms with E-state index in [9.17, 15) is 48.4 Å². The largest absolute Gasteiger partial charge is 0.497 e. The van der Waals surface area contributed by atoms with Crippen molar-refractivity contribution in [3.05, 3.63) is 251 Å². The SMILES string of the molecule is COc1cc(Br)c(Cl)cc1-n1c(=O)ccc2cc(S(=O)(=O)Oc3c(F)c(F)c(F)c(F)c3F)ccc21.COc1ccc(CN(c2ncccn2)S(=O)(=O)c2ccc3c(ccc(=O)n3-c3cc(Cl)c(C)cc3OC)c2)cc1.COc1ccc(CNc2ncccn2)cc1. The molecule has 4 heterocycles. The quantitative estimate of drug-likeness (QED) is 0.0387. The van der Waals surface area contributed by atoms with Crippen molar-refractivity contribution in [2.75, 3.05) is 38.1 Å². The summed E-state index contributed by atoms with van der Waals surface area (Å²) in [4.78, 5) is 41.6. The summed E-state index contributed by atoms with van der Waals surface area (Å²) in [6, 6.07) is 37.7. The second-order valence-electron chi connectivity index (χ2n) is 19.3. The number of hydrogen-bond acceptors (Lipinski definition) is 16. The summed E-state index contributed by atoms with van der Waals surface area (Å²) >= 11 is 15.8. The first-order valence-corrected chi connectivity index (χ1v) is 31.1. The molecule has 0 bridgehead atoms. The molecule has 0 amide bonds. The van der Waals surface area contributed by atoms with Gasteiger partial charge in [-0.05, 0) is 149 Å². The summed E-state index contributed by atoms with van der Waals surface area (Å²) in [6.45, 7) is 2.53. The number of sulfonamides is 1. The van der Waals surface area contributed by atoms with E-state index in [1.807, 2.05) is 31.2 Å². The standard InChI is InChI=1S/C29H25ClN4O5S.C22H10BrClF5NO5S.C12H13N3O/c1-19-15-27(39-3)26(17-24(19)30)34-25-11-10-23(16-21(25)7-12-28(34)35)40(36,37)33(29-31-13-4-14-32-29)18-20-5-8-22(38-2)9-6-20;1-34-15-7-11(23)12(24)8-14(15)30-13-4-3-10(6-9(13)2-5-16(30)31)36(32,33)35-22-20(28)18(26)17(25)19(27)21(22)29;1-16-11-5-3-10(4-6-11)9-15-12-13-7-2-8-14-12/h4-17H,18H2,1-3H3;2-8H,1H3;2-8H,9H2,1H3,(H,13,14,15). The van der Waals surface area contributed by atoms with Crippen LogP contribution < -0.4 is 43.9 Å². The van der Waals surface area contributed by atoms with Gasteiger partial charge in [-0.3, -0.25) is 18.7 Å². The Kier molecular flexibility index (Phi) is 20.8. The van der Waals surface area contributed by atoms with E-state index in [0.717, 1.165) is 44.9 Å². The number of aryl methyl sites for hydroxylation is 1. The molecule has 92 heavy (non-hydrogen) atoms. The molecule has 0 aliphatic rings. The Bertz CT molecular complexity index is 4890. The van der Waals surface area contributed by atoms with Crippen molar-refractivity contribution in [3.8, 4) is 40.1 Å². The highest BCUT2D eigenvalue weighted by molar-refractivity contribution is 9.10. The summed E-state index contributed by atoms with van der Waals surface area (Å²) in [5, 5.41) is 4.51. The molecule has 474 valence electrons. The predicted octanol–water partition coefficient (Wildman–Crippen LogP) is 13.1. The van der Waals surface area contributed by atoms with Crippen LogP contribution in [0.4, 0.5) is 33.8 Å². The first-order valence-electron chi connectivity index (χ1n) is 26.7. The third-order valence-electron chi connectivity index (χ3n) is 13.6. The van der Waals surface area contributed by atoms with Gasteiger partial charge in [0.1, 0.15) is 27.9 Å². The molecule has 0 saturated carbocycles. The maximum Gasteiger partial charge on any atom is 0.339 e. The lowest BCUT2D eigenvalue weighted by Gasteiger charge is -2.23.